The van der Waals surface area contributed by atoms with Crippen molar-refractivity contribution in [2.45, 2.75) is 46.2 Å². The van der Waals surface area contributed by atoms with E-state index in [0.29, 0.717) is 18.0 Å². The van der Waals surface area contributed by atoms with E-state index in [0.717, 1.165) is 11.4 Å². The van der Waals surface area contributed by atoms with Gasteiger partial charge in [-0.15, -0.1) is 0 Å². The first-order chi connectivity index (χ1) is 9.21. The molecular formula is C14H22N2O3S. The number of hydrogen-bond donors (Lipinski definition) is 1. The van der Waals surface area contributed by atoms with Gasteiger partial charge in [-0.1, -0.05) is 0 Å². The Labute approximate surface area is 120 Å². The minimum absolute atomic E-state index is 0.0572. The van der Waals surface area contributed by atoms with Gasteiger partial charge < -0.3 is 9.88 Å². The van der Waals surface area contributed by atoms with Crippen LogP contribution in [-0.4, -0.2) is 36.4 Å². The van der Waals surface area contributed by atoms with Gasteiger partial charge in [0.25, 0.3) is 5.91 Å². The third kappa shape index (κ3) is 2.90. The standard InChI is InChI=1S/C14H22N2O3S/c1-9(2)16-10(3)7-13(11(16)4)14(17)15-12-5-6-20(18,19)8-12/h7,9,12H,5-6,8H2,1-4H3,(H,15,17). The summed E-state index contributed by atoms with van der Waals surface area (Å²) >= 11 is 0. The van der Waals surface area contributed by atoms with E-state index in [2.05, 4.69) is 23.7 Å². The van der Waals surface area contributed by atoms with Crippen molar-refractivity contribution in [3.05, 3.63) is 23.0 Å². The van der Waals surface area contributed by atoms with Crippen LogP contribution in [0, 0.1) is 13.8 Å². The van der Waals surface area contributed by atoms with Gasteiger partial charge in [0, 0.05) is 23.5 Å². The molecule has 1 aliphatic rings. The molecule has 1 aromatic rings. The first-order valence-electron chi connectivity index (χ1n) is 6.91. The van der Waals surface area contributed by atoms with E-state index < -0.39 is 9.84 Å². The molecule has 6 heteroatoms. The lowest BCUT2D eigenvalue weighted by molar-refractivity contribution is 0.0940. The Morgan fingerprint density at radius 1 is 1.40 bits per heavy atom. The molecule has 1 unspecified atom stereocenters. The lowest BCUT2D eigenvalue weighted by Crippen LogP contribution is -2.35. The Kier molecular flexibility index (Phi) is 3.95. The number of nitrogens with one attached hydrogen (secondary N) is 1. The number of carbonyl (C=O) groups excluding carboxylic acids is 1. The Morgan fingerprint density at radius 3 is 2.50 bits per heavy atom. The van der Waals surface area contributed by atoms with Crippen molar-refractivity contribution in [1.82, 2.24) is 9.88 Å². The van der Waals surface area contributed by atoms with Crippen LogP contribution in [0.5, 0.6) is 0 Å². The Hall–Kier alpha value is -1.30. The predicted octanol–water partition coefficient (Wildman–Crippen LogP) is 1.60. The van der Waals surface area contributed by atoms with Crippen LogP contribution in [0.3, 0.4) is 0 Å². The zero-order valence-corrected chi connectivity index (χ0v) is 13.3. The highest BCUT2D eigenvalue weighted by molar-refractivity contribution is 7.91. The van der Waals surface area contributed by atoms with E-state index in [1.54, 1.807) is 0 Å². The maximum atomic E-state index is 12.3. The molecule has 0 radical (unpaired) electrons. The topological polar surface area (TPSA) is 68.2 Å². The molecule has 20 heavy (non-hydrogen) atoms. The van der Waals surface area contributed by atoms with E-state index in [1.807, 2.05) is 19.9 Å². The predicted molar refractivity (Wildman–Crippen MR) is 78.8 cm³/mol. The zero-order chi connectivity index (χ0) is 15.1. The molecule has 1 aromatic heterocycles. The first-order valence-corrected chi connectivity index (χ1v) is 8.73. The maximum Gasteiger partial charge on any atom is 0.253 e. The van der Waals surface area contributed by atoms with Crippen LogP contribution in [0.1, 0.15) is 48.1 Å². The van der Waals surface area contributed by atoms with Gasteiger partial charge in [-0.3, -0.25) is 4.79 Å². The minimum Gasteiger partial charge on any atom is -0.348 e. The summed E-state index contributed by atoms with van der Waals surface area (Å²) in [7, 11) is -2.97. The number of nitrogens with zero attached hydrogens (tertiary/aromatic N) is 1. The fourth-order valence-electron chi connectivity index (χ4n) is 2.97. The number of sulfone groups is 1. The van der Waals surface area contributed by atoms with E-state index >= 15 is 0 Å². The summed E-state index contributed by atoms with van der Waals surface area (Å²) in [5.74, 6) is 0.0528. The summed E-state index contributed by atoms with van der Waals surface area (Å²) in [4.78, 5) is 12.3. The van der Waals surface area contributed by atoms with Crippen LogP contribution >= 0.6 is 0 Å². The van der Waals surface area contributed by atoms with Crippen LogP contribution in [0.15, 0.2) is 6.07 Å². The molecular weight excluding hydrogens is 276 g/mol. The quantitative estimate of drug-likeness (QED) is 0.921. The summed E-state index contributed by atoms with van der Waals surface area (Å²) in [6.07, 6.45) is 0.511. The van der Waals surface area contributed by atoms with Crippen LogP contribution in [0.25, 0.3) is 0 Å². The Balaban J connectivity index is 2.17. The van der Waals surface area contributed by atoms with E-state index in [9.17, 15) is 13.2 Å². The lowest BCUT2D eigenvalue weighted by atomic mass is 10.2. The zero-order valence-electron chi connectivity index (χ0n) is 12.4. The first kappa shape index (κ1) is 15.1. The number of hydrogen-bond acceptors (Lipinski definition) is 3. The summed E-state index contributed by atoms with van der Waals surface area (Å²) in [6.45, 7) is 8.05. The van der Waals surface area contributed by atoms with Crippen molar-refractivity contribution in [1.29, 1.82) is 0 Å². The molecule has 1 aliphatic heterocycles. The highest BCUT2D eigenvalue weighted by atomic mass is 32.2. The van der Waals surface area contributed by atoms with Crippen molar-refractivity contribution in [2.24, 2.45) is 0 Å². The summed E-state index contributed by atoms with van der Waals surface area (Å²) in [5.41, 5.74) is 2.61. The molecule has 5 nitrogen and oxygen atoms in total. The molecule has 1 saturated heterocycles. The van der Waals surface area contributed by atoms with E-state index in [-0.39, 0.29) is 23.5 Å². The molecule has 1 N–H and O–H groups in total. The number of aryl methyl sites for hydroxylation is 1. The van der Waals surface area contributed by atoms with Gasteiger partial charge in [0.1, 0.15) is 0 Å². The average Bonchev–Trinajstić information content (AvgIpc) is 2.78. The van der Waals surface area contributed by atoms with Gasteiger partial charge in [-0.25, -0.2) is 8.42 Å². The van der Waals surface area contributed by atoms with E-state index in [4.69, 9.17) is 0 Å². The third-order valence-corrected chi connectivity index (χ3v) is 5.58. The largest absolute Gasteiger partial charge is 0.348 e. The number of rotatable bonds is 3. The van der Waals surface area contributed by atoms with Crippen LogP contribution < -0.4 is 5.32 Å². The molecule has 1 atom stereocenters. The number of aromatic nitrogens is 1. The van der Waals surface area contributed by atoms with Gasteiger partial charge in [-0.05, 0) is 40.2 Å². The fourth-order valence-corrected chi connectivity index (χ4v) is 4.65. The summed E-state index contributed by atoms with van der Waals surface area (Å²) < 4.78 is 24.9. The van der Waals surface area contributed by atoms with Gasteiger partial charge in [-0.2, -0.15) is 0 Å². The Morgan fingerprint density at radius 2 is 2.05 bits per heavy atom. The molecule has 112 valence electrons. The molecule has 2 heterocycles. The monoisotopic (exact) mass is 298 g/mol. The van der Waals surface area contributed by atoms with Gasteiger partial charge in [0.2, 0.25) is 0 Å². The van der Waals surface area contributed by atoms with Crippen molar-refractivity contribution in [2.75, 3.05) is 11.5 Å². The van der Waals surface area contributed by atoms with Crippen molar-refractivity contribution in [3.8, 4) is 0 Å². The van der Waals surface area contributed by atoms with Crippen molar-refractivity contribution < 1.29 is 13.2 Å². The van der Waals surface area contributed by atoms with Crippen LogP contribution in [-0.2, 0) is 9.84 Å². The molecule has 0 spiro atoms. The van der Waals surface area contributed by atoms with Crippen molar-refractivity contribution >= 4 is 15.7 Å². The SMILES string of the molecule is Cc1cc(C(=O)NC2CCS(=O)(=O)C2)c(C)n1C(C)C. The highest BCUT2D eigenvalue weighted by Gasteiger charge is 2.30. The minimum atomic E-state index is -2.97. The molecule has 0 saturated carbocycles. The fraction of sp³-hybridized carbons (Fsp3) is 0.643. The molecule has 1 amide bonds. The normalized spacial score (nSPS) is 21.4. The molecule has 1 fully saturated rings. The summed E-state index contributed by atoms with van der Waals surface area (Å²) in [6, 6.07) is 1.91. The van der Waals surface area contributed by atoms with Crippen LogP contribution in [0.2, 0.25) is 0 Å². The highest BCUT2D eigenvalue weighted by Crippen LogP contribution is 2.21. The molecule has 0 bridgehead atoms. The average molecular weight is 298 g/mol. The van der Waals surface area contributed by atoms with Gasteiger partial charge >= 0.3 is 0 Å². The molecule has 0 aliphatic carbocycles. The van der Waals surface area contributed by atoms with Gasteiger partial charge in [0.15, 0.2) is 9.84 Å². The maximum absolute atomic E-state index is 12.3. The lowest BCUT2D eigenvalue weighted by Gasteiger charge is -2.14. The third-order valence-electron chi connectivity index (χ3n) is 3.81. The molecule has 0 aromatic carbocycles. The smallest absolute Gasteiger partial charge is 0.253 e. The van der Waals surface area contributed by atoms with Crippen molar-refractivity contribution in [3.63, 3.8) is 0 Å². The summed E-state index contributed by atoms with van der Waals surface area (Å²) in [5, 5.41) is 2.84. The second-order valence-corrected chi connectivity index (χ2v) is 8.05. The van der Waals surface area contributed by atoms with Gasteiger partial charge in [0.05, 0.1) is 17.1 Å². The number of carbonyl (C=O) groups is 1. The van der Waals surface area contributed by atoms with Crippen LogP contribution in [0.4, 0.5) is 0 Å². The second kappa shape index (κ2) is 5.24. The second-order valence-electron chi connectivity index (χ2n) is 5.82. The van der Waals surface area contributed by atoms with E-state index in [1.165, 1.54) is 0 Å². The molecule has 2 rings (SSSR count). The Bertz CT molecular complexity index is 629. The number of amides is 1.